The number of anilines is 1. The van der Waals surface area contributed by atoms with Gasteiger partial charge in [0.2, 0.25) is 5.91 Å². The van der Waals surface area contributed by atoms with Crippen molar-refractivity contribution in [1.82, 2.24) is 19.8 Å². The van der Waals surface area contributed by atoms with E-state index in [0.717, 1.165) is 29.5 Å². The molecular weight excluding hydrogens is 414 g/mol. The van der Waals surface area contributed by atoms with Gasteiger partial charge in [0.25, 0.3) is 0 Å². The Balaban J connectivity index is 1.18. The predicted molar refractivity (Wildman–Crippen MR) is 129 cm³/mol. The molecule has 3 aliphatic rings. The summed E-state index contributed by atoms with van der Waals surface area (Å²) in [5, 5.41) is 6.82. The zero-order chi connectivity index (χ0) is 22.8. The Morgan fingerprint density at radius 1 is 1.09 bits per heavy atom. The zero-order valence-electron chi connectivity index (χ0n) is 19.8. The number of hydrogen-bond acceptors (Lipinski definition) is 4. The third kappa shape index (κ3) is 5.08. The van der Waals surface area contributed by atoms with E-state index < -0.39 is 0 Å². The quantitative estimate of drug-likeness (QED) is 0.713. The Bertz CT molecular complexity index is 988. The number of hydrogen-bond donors (Lipinski definition) is 1. The molecule has 1 aliphatic carbocycles. The lowest BCUT2D eigenvalue weighted by atomic mass is 9.80. The second kappa shape index (κ2) is 9.84. The lowest BCUT2D eigenvalue weighted by molar-refractivity contribution is -0.120. The fourth-order valence-corrected chi connectivity index (χ4v) is 6.11. The van der Waals surface area contributed by atoms with Crippen LogP contribution in [-0.4, -0.2) is 52.6 Å². The van der Waals surface area contributed by atoms with Crippen molar-refractivity contribution in [3.63, 3.8) is 0 Å². The van der Waals surface area contributed by atoms with Crippen LogP contribution in [0.4, 0.5) is 10.5 Å². The van der Waals surface area contributed by atoms with Crippen LogP contribution in [0.3, 0.4) is 0 Å². The summed E-state index contributed by atoms with van der Waals surface area (Å²) < 4.78 is 1.82. The fourth-order valence-electron chi connectivity index (χ4n) is 6.11. The van der Waals surface area contributed by atoms with Crippen LogP contribution in [0.5, 0.6) is 0 Å². The number of amides is 3. The van der Waals surface area contributed by atoms with E-state index in [9.17, 15) is 9.59 Å². The minimum atomic E-state index is -0.360. The predicted octanol–water partition coefficient (Wildman–Crippen LogP) is 4.25. The van der Waals surface area contributed by atoms with Crippen molar-refractivity contribution in [3.05, 3.63) is 30.1 Å². The Morgan fingerprint density at radius 3 is 2.64 bits per heavy atom. The highest BCUT2D eigenvalue weighted by molar-refractivity contribution is 6.07. The van der Waals surface area contributed by atoms with Gasteiger partial charge in [-0.3, -0.25) is 15.0 Å². The molecule has 0 bridgehead atoms. The Morgan fingerprint density at radius 2 is 1.88 bits per heavy atom. The molecule has 178 valence electrons. The molecule has 2 saturated heterocycles. The van der Waals surface area contributed by atoms with Crippen LogP contribution >= 0.6 is 0 Å². The molecule has 7 heteroatoms. The third-order valence-electron chi connectivity index (χ3n) is 8.14. The van der Waals surface area contributed by atoms with Gasteiger partial charge >= 0.3 is 6.03 Å². The molecule has 0 spiro atoms. The first-order valence-electron chi connectivity index (χ1n) is 12.9. The van der Waals surface area contributed by atoms with Crippen LogP contribution < -0.4 is 10.2 Å². The van der Waals surface area contributed by atoms with Gasteiger partial charge in [-0.1, -0.05) is 39.0 Å². The topological polar surface area (TPSA) is 70.0 Å². The van der Waals surface area contributed by atoms with Crippen molar-refractivity contribution in [1.29, 1.82) is 0 Å². The second-order valence-electron chi connectivity index (χ2n) is 10.5. The molecule has 4 heterocycles. The molecule has 1 N–H and O–H groups in total. The summed E-state index contributed by atoms with van der Waals surface area (Å²) >= 11 is 0. The standard InChI is InChI=1S/C26H37N5O2/c1-19(22-5-3-2-4-6-22)18-29-11-7-20(8-12-29)15-21-9-14-31-23(16-21)24(17-27-31)30-13-10-25(32)28-26(30)33/h9,14,16-17,19-20,22H,2-8,10-13,15,18H2,1H3,(H,28,32,33). The Hall–Kier alpha value is -2.41. The van der Waals surface area contributed by atoms with Crippen molar-refractivity contribution in [3.8, 4) is 0 Å². The van der Waals surface area contributed by atoms with E-state index in [1.54, 1.807) is 11.1 Å². The summed E-state index contributed by atoms with van der Waals surface area (Å²) in [5.74, 6) is 2.25. The molecule has 2 aromatic heterocycles. The molecule has 1 unspecified atom stereocenters. The van der Waals surface area contributed by atoms with Crippen LogP contribution in [0.1, 0.15) is 63.9 Å². The number of fused-ring (bicyclic) bond motifs is 1. The summed E-state index contributed by atoms with van der Waals surface area (Å²) in [5.41, 5.74) is 3.00. The molecule has 1 saturated carbocycles. The summed E-state index contributed by atoms with van der Waals surface area (Å²) in [4.78, 5) is 28.1. The summed E-state index contributed by atoms with van der Waals surface area (Å²) in [6.07, 6.45) is 14.8. The monoisotopic (exact) mass is 451 g/mol. The summed E-state index contributed by atoms with van der Waals surface area (Å²) in [6.45, 7) is 6.56. The lowest BCUT2D eigenvalue weighted by Gasteiger charge is -2.36. The van der Waals surface area contributed by atoms with E-state index in [2.05, 4.69) is 34.4 Å². The van der Waals surface area contributed by atoms with Crippen molar-refractivity contribution >= 4 is 23.1 Å². The molecule has 3 fully saturated rings. The number of nitrogens with one attached hydrogen (secondary N) is 1. The highest BCUT2D eigenvalue weighted by atomic mass is 16.2. The number of carbonyl (C=O) groups excluding carboxylic acids is 2. The number of likely N-dealkylation sites (tertiary alicyclic amines) is 1. The zero-order valence-corrected chi connectivity index (χ0v) is 19.8. The van der Waals surface area contributed by atoms with E-state index in [1.165, 1.54) is 70.1 Å². The van der Waals surface area contributed by atoms with Crippen LogP contribution in [0.15, 0.2) is 24.5 Å². The minimum absolute atomic E-state index is 0.215. The molecular formula is C26H37N5O2. The molecule has 7 nitrogen and oxygen atoms in total. The second-order valence-corrected chi connectivity index (χ2v) is 10.5. The SMILES string of the molecule is CC(CN1CCC(Cc2ccn3ncc(N4CCC(=O)NC4=O)c3c2)CC1)C1CCCCC1. The molecule has 0 aromatic carbocycles. The van der Waals surface area contributed by atoms with Crippen molar-refractivity contribution in [2.45, 2.75) is 64.7 Å². The van der Waals surface area contributed by atoms with Gasteiger partial charge in [0.05, 0.1) is 17.4 Å². The molecule has 1 atom stereocenters. The fraction of sp³-hybridized carbons (Fsp3) is 0.654. The van der Waals surface area contributed by atoms with E-state index in [-0.39, 0.29) is 11.9 Å². The molecule has 3 amide bonds. The van der Waals surface area contributed by atoms with Gasteiger partial charge in [0.1, 0.15) is 0 Å². The molecule has 0 radical (unpaired) electrons. The van der Waals surface area contributed by atoms with Crippen molar-refractivity contribution in [2.75, 3.05) is 31.1 Å². The normalized spacial score (nSPS) is 22.6. The van der Waals surface area contributed by atoms with Gasteiger partial charge in [0, 0.05) is 25.7 Å². The van der Waals surface area contributed by atoms with E-state index in [0.29, 0.717) is 18.9 Å². The average Bonchev–Trinajstić information content (AvgIpc) is 3.24. The molecule has 5 rings (SSSR count). The number of pyridine rings is 1. The highest BCUT2D eigenvalue weighted by Crippen LogP contribution is 2.32. The number of aromatic nitrogens is 2. The number of nitrogens with zero attached hydrogens (tertiary/aromatic N) is 4. The van der Waals surface area contributed by atoms with Crippen molar-refractivity contribution < 1.29 is 9.59 Å². The van der Waals surface area contributed by atoms with E-state index in [4.69, 9.17) is 0 Å². The van der Waals surface area contributed by atoms with Gasteiger partial charge in [-0.2, -0.15) is 5.10 Å². The smallest absolute Gasteiger partial charge is 0.303 e. The summed E-state index contributed by atoms with van der Waals surface area (Å²) in [7, 11) is 0. The number of rotatable bonds is 6. The lowest BCUT2D eigenvalue weighted by Crippen LogP contribution is -2.49. The first kappa shape index (κ1) is 22.4. The molecule has 33 heavy (non-hydrogen) atoms. The van der Waals surface area contributed by atoms with Gasteiger partial charge in [0.15, 0.2) is 0 Å². The van der Waals surface area contributed by atoms with Gasteiger partial charge in [-0.05, 0) is 67.8 Å². The van der Waals surface area contributed by atoms with Crippen LogP contribution in [0, 0.1) is 17.8 Å². The van der Waals surface area contributed by atoms with E-state index >= 15 is 0 Å². The number of piperidine rings is 1. The number of carbonyl (C=O) groups is 2. The van der Waals surface area contributed by atoms with Crippen LogP contribution in [-0.2, 0) is 11.2 Å². The van der Waals surface area contributed by atoms with E-state index in [1.807, 2.05) is 10.7 Å². The van der Waals surface area contributed by atoms with Crippen LogP contribution in [0.25, 0.3) is 5.52 Å². The maximum absolute atomic E-state index is 12.3. The van der Waals surface area contributed by atoms with Crippen molar-refractivity contribution in [2.24, 2.45) is 17.8 Å². The largest absolute Gasteiger partial charge is 0.328 e. The third-order valence-corrected chi connectivity index (χ3v) is 8.14. The molecule has 2 aromatic rings. The molecule has 2 aliphatic heterocycles. The van der Waals surface area contributed by atoms with Crippen LogP contribution in [0.2, 0.25) is 0 Å². The number of urea groups is 1. The maximum Gasteiger partial charge on any atom is 0.328 e. The average molecular weight is 452 g/mol. The van der Waals surface area contributed by atoms with Gasteiger partial charge in [-0.25, -0.2) is 9.31 Å². The number of imide groups is 1. The Labute approximate surface area is 196 Å². The first-order chi connectivity index (χ1) is 16.1. The summed E-state index contributed by atoms with van der Waals surface area (Å²) in [6, 6.07) is 3.96. The Kier molecular flexibility index (Phi) is 6.67. The highest BCUT2D eigenvalue weighted by Gasteiger charge is 2.28. The minimum Gasteiger partial charge on any atom is -0.303 e. The van der Waals surface area contributed by atoms with Gasteiger partial charge in [-0.15, -0.1) is 0 Å². The first-order valence-corrected chi connectivity index (χ1v) is 12.9. The van der Waals surface area contributed by atoms with Gasteiger partial charge < -0.3 is 4.90 Å². The maximum atomic E-state index is 12.3.